The van der Waals surface area contributed by atoms with Crippen molar-refractivity contribution in [2.24, 2.45) is 7.05 Å². The van der Waals surface area contributed by atoms with E-state index in [2.05, 4.69) is 5.32 Å². The lowest BCUT2D eigenvalue weighted by Crippen LogP contribution is -2.14. The SMILES string of the molecule is CNc1cccc2c1c(=O)c1ccccc1c(=O)n2C. The van der Waals surface area contributed by atoms with Crippen molar-refractivity contribution in [1.82, 2.24) is 4.57 Å². The first-order valence-corrected chi connectivity index (χ1v) is 6.37. The summed E-state index contributed by atoms with van der Waals surface area (Å²) in [6, 6.07) is 12.4. The monoisotopic (exact) mass is 266 g/mol. The fraction of sp³-hybridized carbons (Fsp3) is 0.125. The normalized spacial score (nSPS) is 10.9. The summed E-state index contributed by atoms with van der Waals surface area (Å²) in [5, 5.41) is 4.45. The van der Waals surface area contributed by atoms with Gasteiger partial charge >= 0.3 is 0 Å². The molecule has 0 aliphatic carbocycles. The second-order valence-electron chi connectivity index (χ2n) is 4.69. The van der Waals surface area contributed by atoms with Crippen molar-refractivity contribution in [2.45, 2.75) is 0 Å². The second kappa shape index (κ2) is 4.49. The third kappa shape index (κ3) is 1.61. The molecule has 0 aliphatic heterocycles. The summed E-state index contributed by atoms with van der Waals surface area (Å²) in [7, 11) is 3.46. The number of hydrogen-bond acceptors (Lipinski definition) is 3. The van der Waals surface area contributed by atoms with Gasteiger partial charge in [0, 0.05) is 25.2 Å². The molecule has 0 fully saturated rings. The summed E-state index contributed by atoms with van der Waals surface area (Å²) in [6.07, 6.45) is 0. The van der Waals surface area contributed by atoms with Gasteiger partial charge in [-0.1, -0.05) is 24.3 Å². The lowest BCUT2D eigenvalue weighted by atomic mass is 10.1. The minimum absolute atomic E-state index is 0.127. The molecule has 4 nitrogen and oxygen atoms in total. The highest BCUT2D eigenvalue weighted by molar-refractivity contribution is 5.97. The van der Waals surface area contributed by atoms with Crippen LogP contribution < -0.4 is 16.3 Å². The summed E-state index contributed by atoms with van der Waals surface area (Å²) in [6.45, 7) is 0. The zero-order valence-electron chi connectivity index (χ0n) is 11.3. The van der Waals surface area contributed by atoms with E-state index in [1.54, 1.807) is 44.4 Å². The number of fused-ring (bicyclic) bond motifs is 2. The molecule has 3 aromatic rings. The maximum atomic E-state index is 12.8. The summed E-state index contributed by atoms with van der Waals surface area (Å²) < 4.78 is 1.53. The minimum atomic E-state index is -0.166. The topological polar surface area (TPSA) is 51.1 Å². The minimum Gasteiger partial charge on any atom is -0.387 e. The average molecular weight is 266 g/mol. The molecule has 4 heteroatoms. The van der Waals surface area contributed by atoms with Gasteiger partial charge in [-0.15, -0.1) is 0 Å². The van der Waals surface area contributed by atoms with Gasteiger partial charge in [0.1, 0.15) is 0 Å². The lowest BCUT2D eigenvalue weighted by molar-refractivity contribution is 0.921. The van der Waals surface area contributed by atoms with Crippen LogP contribution in [0.2, 0.25) is 0 Å². The Kier molecular flexibility index (Phi) is 2.79. The molecule has 0 aliphatic rings. The van der Waals surface area contributed by atoms with Crippen molar-refractivity contribution in [3.05, 3.63) is 63.0 Å². The highest BCUT2D eigenvalue weighted by Crippen LogP contribution is 2.19. The molecule has 2 aromatic carbocycles. The standard InChI is InChI=1S/C16H14N2O2/c1-17-12-8-5-9-13-14(12)15(19)10-6-3-4-7-11(10)16(20)18(13)2/h3-9,17H,1-2H3. The van der Waals surface area contributed by atoms with Crippen LogP contribution in [-0.4, -0.2) is 11.6 Å². The lowest BCUT2D eigenvalue weighted by Gasteiger charge is -2.04. The molecule has 3 rings (SSSR count). The summed E-state index contributed by atoms with van der Waals surface area (Å²) in [4.78, 5) is 25.3. The van der Waals surface area contributed by atoms with Crippen LogP contribution in [0.25, 0.3) is 21.7 Å². The Morgan fingerprint density at radius 2 is 1.65 bits per heavy atom. The Balaban J connectivity index is 2.81. The van der Waals surface area contributed by atoms with Crippen molar-refractivity contribution in [2.75, 3.05) is 12.4 Å². The summed E-state index contributed by atoms with van der Waals surface area (Å²) >= 11 is 0. The fourth-order valence-electron chi connectivity index (χ4n) is 2.56. The van der Waals surface area contributed by atoms with E-state index in [0.29, 0.717) is 21.7 Å². The van der Waals surface area contributed by atoms with Crippen molar-refractivity contribution in [3.63, 3.8) is 0 Å². The molecule has 1 heterocycles. The van der Waals surface area contributed by atoms with Gasteiger partial charge in [0.2, 0.25) is 0 Å². The number of rotatable bonds is 1. The molecule has 0 saturated heterocycles. The van der Waals surface area contributed by atoms with E-state index in [4.69, 9.17) is 0 Å². The predicted octanol–water partition coefficient (Wildman–Crippen LogP) is 2.09. The number of hydrogen-bond donors (Lipinski definition) is 1. The van der Waals surface area contributed by atoms with Crippen LogP contribution >= 0.6 is 0 Å². The number of anilines is 1. The van der Waals surface area contributed by atoms with Crippen LogP contribution in [0.15, 0.2) is 52.1 Å². The van der Waals surface area contributed by atoms with E-state index < -0.39 is 0 Å². The molecule has 1 N–H and O–H groups in total. The summed E-state index contributed by atoms with van der Waals surface area (Å²) in [5.74, 6) is 0. The molecule has 0 radical (unpaired) electrons. The third-order valence-corrected chi connectivity index (χ3v) is 3.61. The molecule has 0 atom stereocenters. The van der Waals surface area contributed by atoms with Gasteiger partial charge in [0.05, 0.1) is 16.3 Å². The van der Waals surface area contributed by atoms with Gasteiger partial charge in [0.25, 0.3) is 5.56 Å². The van der Waals surface area contributed by atoms with E-state index in [1.165, 1.54) is 4.57 Å². The van der Waals surface area contributed by atoms with Crippen LogP contribution in [0, 0.1) is 0 Å². The van der Waals surface area contributed by atoms with E-state index >= 15 is 0 Å². The largest absolute Gasteiger partial charge is 0.387 e. The van der Waals surface area contributed by atoms with E-state index in [9.17, 15) is 9.59 Å². The van der Waals surface area contributed by atoms with Gasteiger partial charge in [-0.25, -0.2) is 0 Å². The summed E-state index contributed by atoms with van der Waals surface area (Å²) in [5.41, 5.74) is 1.06. The molecular weight excluding hydrogens is 252 g/mol. The molecule has 0 bridgehead atoms. The van der Waals surface area contributed by atoms with Crippen molar-refractivity contribution < 1.29 is 0 Å². The Bertz CT molecular complexity index is 942. The van der Waals surface area contributed by atoms with E-state index in [1.807, 2.05) is 12.1 Å². The Hall–Kier alpha value is -2.62. The first-order chi connectivity index (χ1) is 9.65. The molecule has 0 spiro atoms. The molecule has 0 unspecified atom stereocenters. The number of aryl methyl sites for hydroxylation is 1. The van der Waals surface area contributed by atoms with Crippen LogP contribution in [0.3, 0.4) is 0 Å². The number of aromatic nitrogens is 1. The first-order valence-electron chi connectivity index (χ1n) is 6.37. The zero-order chi connectivity index (χ0) is 14.3. The molecule has 0 saturated carbocycles. The molecule has 100 valence electrons. The van der Waals surface area contributed by atoms with Crippen molar-refractivity contribution in [1.29, 1.82) is 0 Å². The fourth-order valence-corrected chi connectivity index (χ4v) is 2.56. The molecular formula is C16H14N2O2. The van der Waals surface area contributed by atoms with Gasteiger partial charge < -0.3 is 9.88 Å². The third-order valence-electron chi connectivity index (χ3n) is 3.61. The Morgan fingerprint density at radius 1 is 0.950 bits per heavy atom. The van der Waals surface area contributed by atoms with Crippen molar-refractivity contribution >= 4 is 27.4 Å². The molecule has 0 amide bonds. The predicted molar refractivity (Wildman–Crippen MR) is 82.5 cm³/mol. The quantitative estimate of drug-likeness (QED) is 0.733. The van der Waals surface area contributed by atoms with Crippen LogP contribution in [-0.2, 0) is 7.05 Å². The van der Waals surface area contributed by atoms with Gasteiger partial charge in [-0.2, -0.15) is 0 Å². The smallest absolute Gasteiger partial charge is 0.258 e. The Labute approximate surface area is 115 Å². The van der Waals surface area contributed by atoms with E-state index in [-0.39, 0.29) is 11.0 Å². The average Bonchev–Trinajstić information content (AvgIpc) is 2.58. The van der Waals surface area contributed by atoms with Crippen LogP contribution in [0.1, 0.15) is 0 Å². The van der Waals surface area contributed by atoms with Gasteiger partial charge in [0.15, 0.2) is 5.43 Å². The zero-order valence-corrected chi connectivity index (χ0v) is 11.3. The number of nitrogens with one attached hydrogen (secondary N) is 1. The molecule has 20 heavy (non-hydrogen) atoms. The maximum Gasteiger partial charge on any atom is 0.258 e. The van der Waals surface area contributed by atoms with E-state index in [0.717, 1.165) is 5.69 Å². The van der Waals surface area contributed by atoms with Gasteiger partial charge in [-0.3, -0.25) is 9.59 Å². The molecule has 1 aromatic heterocycles. The van der Waals surface area contributed by atoms with Crippen LogP contribution in [0.4, 0.5) is 5.69 Å². The van der Waals surface area contributed by atoms with Crippen LogP contribution in [0.5, 0.6) is 0 Å². The van der Waals surface area contributed by atoms with Gasteiger partial charge in [-0.05, 0) is 18.2 Å². The first kappa shape index (κ1) is 12.4. The highest BCUT2D eigenvalue weighted by atomic mass is 16.1. The number of nitrogens with zero attached hydrogens (tertiary/aromatic N) is 1. The number of benzene rings is 2. The van der Waals surface area contributed by atoms with Crippen molar-refractivity contribution in [3.8, 4) is 0 Å². The second-order valence-corrected chi connectivity index (χ2v) is 4.69. The maximum absolute atomic E-state index is 12.8. The Morgan fingerprint density at radius 3 is 2.35 bits per heavy atom. The highest BCUT2D eigenvalue weighted by Gasteiger charge is 2.10.